The molecule has 2 aliphatic rings. The van der Waals surface area contributed by atoms with Crippen molar-refractivity contribution in [3.8, 4) is 11.5 Å². The third-order valence-corrected chi connectivity index (χ3v) is 4.45. The molecule has 4 rings (SSSR count). The molecule has 0 aliphatic carbocycles. The predicted molar refractivity (Wildman–Crippen MR) is 103 cm³/mol. The van der Waals surface area contributed by atoms with Crippen LogP contribution in [0.25, 0.3) is 0 Å². The zero-order chi connectivity index (χ0) is 18.8. The van der Waals surface area contributed by atoms with Crippen molar-refractivity contribution in [2.24, 2.45) is 0 Å². The second kappa shape index (κ2) is 7.18. The van der Waals surface area contributed by atoms with Crippen LogP contribution in [0.4, 0.5) is 27.9 Å². The average molecular weight is 370 g/mol. The van der Waals surface area contributed by atoms with Crippen LogP contribution in [0.2, 0.25) is 0 Å². The number of urea groups is 1. The van der Waals surface area contributed by atoms with Crippen LogP contribution >= 0.6 is 0 Å². The first kappa shape index (κ1) is 17.2. The van der Waals surface area contributed by atoms with Crippen molar-refractivity contribution in [3.63, 3.8) is 0 Å². The lowest BCUT2D eigenvalue weighted by atomic mass is 10.3. The molecule has 1 aromatic heterocycles. The second-order valence-electron chi connectivity index (χ2n) is 6.64. The monoisotopic (exact) mass is 370 g/mol. The molecule has 0 saturated carbocycles. The highest BCUT2D eigenvalue weighted by Gasteiger charge is 2.19. The highest BCUT2D eigenvalue weighted by atomic mass is 16.7. The van der Waals surface area contributed by atoms with Gasteiger partial charge in [-0.3, -0.25) is 0 Å². The van der Waals surface area contributed by atoms with Gasteiger partial charge in [-0.1, -0.05) is 0 Å². The third-order valence-electron chi connectivity index (χ3n) is 4.45. The number of anilines is 4. The van der Waals surface area contributed by atoms with Crippen LogP contribution in [0.15, 0.2) is 24.4 Å². The van der Waals surface area contributed by atoms with Crippen molar-refractivity contribution in [2.45, 2.75) is 12.8 Å². The number of fused-ring (bicyclic) bond motifs is 1. The standard InChI is InChI=1S/C18H22N6O3/c1-23(2)16-13(10-19-17(22-16)24-7-3-4-8-24)21-18(25)20-12-5-6-14-15(9-12)27-11-26-14/h5-6,9-10H,3-4,7-8,11H2,1-2H3,(H2,20,21,25). The Bertz CT molecular complexity index is 851. The molecule has 1 fully saturated rings. The van der Waals surface area contributed by atoms with Gasteiger partial charge in [0.2, 0.25) is 12.7 Å². The van der Waals surface area contributed by atoms with Gasteiger partial charge in [-0.15, -0.1) is 0 Å². The van der Waals surface area contributed by atoms with E-state index >= 15 is 0 Å². The zero-order valence-electron chi connectivity index (χ0n) is 15.4. The molecule has 0 atom stereocenters. The summed E-state index contributed by atoms with van der Waals surface area (Å²) in [6.07, 6.45) is 3.95. The maximum Gasteiger partial charge on any atom is 0.323 e. The van der Waals surface area contributed by atoms with Crippen LogP contribution in [-0.2, 0) is 0 Å². The summed E-state index contributed by atoms with van der Waals surface area (Å²) in [6, 6.07) is 4.86. The van der Waals surface area contributed by atoms with Gasteiger partial charge in [0, 0.05) is 38.9 Å². The van der Waals surface area contributed by atoms with Crippen LogP contribution in [0.5, 0.6) is 11.5 Å². The molecule has 0 radical (unpaired) electrons. The molecule has 0 unspecified atom stereocenters. The highest BCUT2D eigenvalue weighted by molar-refractivity contribution is 6.01. The molecule has 27 heavy (non-hydrogen) atoms. The summed E-state index contributed by atoms with van der Waals surface area (Å²) >= 11 is 0. The Morgan fingerprint density at radius 2 is 1.93 bits per heavy atom. The van der Waals surface area contributed by atoms with Gasteiger partial charge in [0.25, 0.3) is 0 Å². The van der Waals surface area contributed by atoms with E-state index in [9.17, 15) is 4.79 Å². The minimum absolute atomic E-state index is 0.192. The number of nitrogens with zero attached hydrogens (tertiary/aromatic N) is 4. The quantitative estimate of drug-likeness (QED) is 0.854. The van der Waals surface area contributed by atoms with E-state index in [4.69, 9.17) is 9.47 Å². The van der Waals surface area contributed by atoms with E-state index in [0.29, 0.717) is 34.6 Å². The Morgan fingerprint density at radius 3 is 2.70 bits per heavy atom. The largest absolute Gasteiger partial charge is 0.454 e. The molecule has 2 amide bonds. The lowest BCUT2D eigenvalue weighted by Crippen LogP contribution is -2.25. The van der Waals surface area contributed by atoms with Gasteiger partial charge in [0.1, 0.15) is 5.69 Å². The normalized spacial score (nSPS) is 15.0. The summed E-state index contributed by atoms with van der Waals surface area (Å²) in [7, 11) is 3.77. The average Bonchev–Trinajstić information content (AvgIpc) is 3.33. The SMILES string of the molecule is CN(C)c1nc(N2CCCC2)ncc1NC(=O)Nc1ccc2c(c1)OCO2. The number of amides is 2. The number of hydrogen-bond acceptors (Lipinski definition) is 7. The molecular formula is C18H22N6O3. The maximum absolute atomic E-state index is 12.4. The second-order valence-corrected chi connectivity index (χ2v) is 6.64. The van der Waals surface area contributed by atoms with Crippen molar-refractivity contribution >= 4 is 29.2 Å². The smallest absolute Gasteiger partial charge is 0.323 e. The number of hydrogen-bond donors (Lipinski definition) is 2. The molecule has 2 aromatic rings. The van der Waals surface area contributed by atoms with E-state index in [-0.39, 0.29) is 12.8 Å². The van der Waals surface area contributed by atoms with Gasteiger partial charge in [0.05, 0.1) is 6.20 Å². The fourth-order valence-electron chi connectivity index (χ4n) is 3.12. The Labute approximate surface area is 157 Å². The minimum Gasteiger partial charge on any atom is -0.454 e. The first-order chi connectivity index (χ1) is 13.1. The van der Waals surface area contributed by atoms with Gasteiger partial charge in [-0.05, 0) is 25.0 Å². The van der Waals surface area contributed by atoms with Crippen LogP contribution in [0.1, 0.15) is 12.8 Å². The first-order valence-electron chi connectivity index (χ1n) is 8.87. The Balaban J connectivity index is 1.48. The molecule has 0 spiro atoms. The first-order valence-corrected chi connectivity index (χ1v) is 8.87. The summed E-state index contributed by atoms with van der Waals surface area (Å²) in [5, 5.41) is 5.60. The topological polar surface area (TPSA) is 91.9 Å². The summed E-state index contributed by atoms with van der Waals surface area (Å²) < 4.78 is 10.6. The van der Waals surface area contributed by atoms with E-state index < -0.39 is 0 Å². The van der Waals surface area contributed by atoms with Crippen LogP contribution in [0, 0.1) is 0 Å². The van der Waals surface area contributed by atoms with E-state index in [0.717, 1.165) is 25.9 Å². The van der Waals surface area contributed by atoms with E-state index in [1.54, 1.807) is 24.4 Å². The van der Waals surface area contributed by atoms with E-state index in [2.05, 4.69) is 25.5 Å². The fourth-order valence-corrected chi connectivity index (χ4v) is 3.12. The van der Waals surface area contributed by atoms with Gasteiger partial charge in [-0.2, -0.15) is 4.98 Å². The van der Waals surface area contributed by atoms with E-state index in [1.165, 1.54) is 0 Å². The Kier molecular flexibility index (Phi) is 4.57. The number of carbonyl (C=O) groups is 1. The molecule has 142 valence electrons. The van der Waals surface area contributed by atoms with Crippen LogP contribution < -0.4 is 29.9 Å². The van der Waals surface area contributed by atoms with Crippen molar-refractivity contribution in [3.05, 3.63) is 24.4 Å². The Hall–Kier alpha value is -3.23. The predicted octanol–water partition coefficient (Wildman–Crippen LogP) is 2.52. The lowest BCUT2D eigenvalue weighted by Gasteiger charge is -2.21. The number of benzene rings is 1. The molecular weight excluding hydrogens is 348 g/mol. The maximum atomic E-state index is 12.4. The molecule has 3 heterocycles. The van der Waals surface area contributed by atoms with Gasteiger partial charge in [0.15, 0.2) is 17.3 Å². The summed E-state index contributed by atoms with van der Waals surface area (Å²) in [5.74, 6) is 2.63. The molecule has 9 nitrogen and oxygen atoms in total. The number of carbonyl (C=O) groups excluding carboxylic acids is 1. The molecule has 9 heteroatoms. The van der Waals surface area contributed by atoms with Crippen molar-refractivity contribution < 1.29 is 14.3 Å². The summed E-state index contributed by atoms with van der Waals surface area (Å²) in [6.45, 7) is 2.12. The Morgan fingerprint density at radius 1 is 1.15 bits per heavy atom. The summed E-state index contributed by atoms with van der Waals surface area (Å²) in [5.41, 5.74) is 1.15. The van der Waals surface area contributed by atoms with Gasteiger partial charge < -0.3 is 29.9 Å². The minimum atomic E-state index is -0.380. The molecule has 2 N–H and O–H groups in total. The van der Waals surface area contributed by atoms with Crippen LogP contribution in [-0.4, -0.2) is 50.0 Å². The van der Waals surface area contributed by atoms with Gasteiger partial charge >= 0.3 is 6.03 Å². The lowest BCUT2D eigenvalue weighted by molar-refractivity contribution is 0.174. The van der Waals surface area contributed by atoms with Crippen molar-refractivity contribution in [1.82, 2.24) is 9.97 Å². The molecule has 0 bridgehead atoms. The zero-order valence-corrected chi connectivity index (χ0v) is 15.4. The number of ether oxygens (including phenoxy) is 2. The van der Waals surface area contributed by atoms with Crippen LogP contribution in [0.3, 0.4) is 0 Å². The third kappa shape index (κ3) is 3.67. The molecule has 1 saturated heterocycles. The van der Waals surface area contributed by atoms with E-state index in [1.807, 2.05) is 19.0 Å². The van der Waals surface area contributed by atoms with Gasteiger partial charge in [-0.25, -0.2) is 9.78 Å². The summed E-state index contributed by atoms with van der Waals surface area (Å²) in [4.78, 5) is 25.5. The van der Waals surface area contributed by atoms with Crippen molar-refractivity contribution in [1.29, 1.82) is 0 Å². The number of nitrogens with one attached hydrogen (secondary N) is 2. The molecule has 2 aliphatic heterocycles. The number of aromatic nitrogens is 2. The van der Waals surface area contributed by atoms with Crippen molar-refractivity contribution in [2.75, 3.05) is 54.4 Å². The highest BCUT2D eigenvalue weighted by Crippen LogP contribution is 2.34. The number of rotatable bonds is 4. The molecule has 1 aromatic carbocycles. The fraction of sp³-hybridized carbons (Fsp3) is 0.389.